The van der Waals surface area contributed by atoms with Gasteiger partial charge in [0.25, 0.3) is 0 Å². The predicted octanol–water partition coefficient (Wildman–Crippen LogP) is 1.38. The maximum Gasteiger partial charge on any atom is 0.114 e. The van der Waals surface area contributed by atoms with Crippen LogP contribution in [0.1, 0.15) is 25.3 Å². The van der Waals surface area contributed by atoms with E-state index in [1.807, 2.05) is 12.1 Å². The van der Waals surface area contributed by atoms with Crippen LogP contribution in [0.4, 0.5) is 11.4 Å². The topological polar surface area (TPSA) is 38.5 Å². The molecule has 0 aliphatic carbocycles. The Balaban J connectivity index is 2.31. The number of nitrogens with zero attached hydrogens (tertiary/aromatic N) is 1. The van der Waals surface area contributed by atoms with E-state index in [9.17, 15) is 0 Å². The molecule has 0 bridgehead atoms. The lowest BCUT2D eigenvalue weighted by molar-refractivity contribution is 0.0846. The van der Waals surface area contributed by atoms with Crippen molar-refractivity contribution in [2.24, 2.45) is 0 Å². The summed E-state index contributed by atoms with van der Waals surface area (Å²) >= 11 is 0. The summed E-state index contributed by atoms with van der Waals surface area (Å²) in [7, 11) is 5.92. The van der Waals surface area contributed by atoms with E-state index in [0.717, 1.165) is 49.3 Å². The number of nitrogens with two attached hydrogens (primary N) is 1. The van der Waals surface area contributed by atoms with E-state index in [0.29, 0.717) is 6.04 Å². The zero-order valence-electron chi connectivity index (χ0n) is 11.3. The van der Waals surface area contributed by atoms with Crippen LogP contribution in [-0.2, 0) is 4.74 Å². The molecule has 0 unspecified atom stereocenters. The van der Waals surface area contributed by atoms with Crippen molar-refractivity contribution in [2.45, 2.75) is 32.7 Å². The van der Waals surface area contributed by atoms with Crippen molar-refractivity contribution in [2.75, 3.05) is 30.4 Å². The molecule has 0 saturated carbocycles. The summed E-state index contributed by atoms with van der Waals surface area (Å²) in [5, 5.41) is 0. The molecule has 4 heteroatoms. The Hall–Kier alpha value is -1.16. The van der Waals surface area contributed by atoms with E-state index in [1.54, 1.807) is 0 Å². The molecule has 1 aromatic rings. The van der Waals surface area contributed by atoms with Crippen molar-refractivity contribution in [1.29, 1.82) is 0 Å². The lowest BCUT2D eigenvalue weighted by Gasteiger charge is -2.36. The first kappa shape index (κ1) is 13.3. The highest BCUT2D eigenvalue weighted by Crippen LogP contribution is 2.28. The average Bonchev–Trinajstić information content (AvgIpc) is 2.37. The number of ether oxygens (including phenoxy) is 1. The average molecular weight is 244 g/mol. The van der Waals surface area contributed by atoms with Gasteiger partial charge in [-0.2, -0.15) is 0 Å². The van der Waals surface area contributed by atoms with E-state index in [-0.39, 0.29) is 0 Å². The van der Waals surface area contributed by atoms with E-state index >= 15 is 0 Å². The van der Waals surface area contributed by atoms with Crippen molar-refractivity contribution in [3.63, 3.8) is 0 Å². The summed E-state index contributed by atoms with van der Waals surface area (Å²) in [5.41, 5.74) is 9.81. The fourth-order valence-electron chi connectivity index (χ4n) is 2.66. The molecule has 2 N–H and O–H groups in total. The normalized spacial score (nSPS) is 16.8. The Morgan fingerprint density at radius 1 is 1.39 bits per heavy atom. The van der Waals surface area contributed by atoms with E-state index in [1.165, 1.54) is 5.69 Å². The van der Waals surface area contributed by atoms with Gasteiger partial charge in [-0.25, -0.2) is 0 Å². The maximum atomic E-state index is 6.01. The summed E-state index contributed by atoms with van der Waals surface area (Å²) in [4.78, 5) is 2.41. The summed E-state index contributed by atoms with van der Waals surface area (Å²) in [5.74, 6) is 0. The van der Waals surface area contributed by atoms with Crippen molar-refractivity contribution in [1.82, 2.24) is 0 Å². The maximum absolute atomic E-state index is 6.01. The third kappa shape index (κ3) is 2.64. The Morgan fingerprint density at radius 2 is 2.06 bits per heavy atom. The van der Waals surface area contributed by atoms with Gasteiger partial charge in [-0.3, -0.25) is 0 Å². The van der Waals surface area contributed by atoms with Crippen LogP contribution in [-0.4, -0.2) is 33.6 Å². The van der Waals surface area contributed by atoms with Crippen LogP contribution < -0.4 is 16.1 Å². The molecular weight excluding hydrogens is 223 g/mol. The molecule has 0 aromatic heterocycles. The molecular formula is C14H21BN2O. The van der Waals surface area contributed by atoms with Crippen molar-refractivity contribution < 1.29 is 4.74 Å². The lowest BCUT2D eigenvalue weighted by Crippen LogP contribution is -2.40. The molecule has 1 aliphatic heterocycles. The summed E-state index contributed by atoms with van der Waals surface area (Å²) < 4.78 is 5.43. The fourth-order valence-corrected chi connectivity index (χ4v) is 2.66. The van der Waals surface area contributed by atoms with Crippen LogP contribution in [0.2, 0.25) is 0 Å². The van der Waals surface area contributed by atoms with E-state index < -0.39 is 0 Å². The molecule has 1 aromatic carbocycles. The van der Waals surface area contributed by atoms with Gasteiger partial charge >= 0.3 is 0 Å². The van der Waals surface area contributed by atoms with Gasteiger partial charge in [-0.05, 0) is 44.4 Å². The third-order valence-corrected chi connectivity index (χ3v) is 3.72. The zero-order chi connectivity index (χ0) is 13.1. The standard InChI is InChI=1S/C14H21BN2O/c1-3-17(12-4-6-18-7-5-12)14-9-11(15)8-13(16)10(14)2/h8-9,12H,3-7,16H2,1-2H3. The van der Waals surface area contributed by atoms with Crippen molar-refractivity contribution in [3.05, 3.63) is 17.7 Å². The van der Waals surface area contributed by atoms with Crippen LogP contribution in [0.5, 0.6) is 0 Å². The molecule has 1 saturated heterocycles. The highest BCUT2D eigenvalue weighted by Gasteiger charge is 2.22. The second-order valence-corrected chi connectivity index (χ2v) is 4.88. The second kappa shape index (κ2) is 5.66. The first-order chi connectivity index (χ1) is 8.63. The van der Waals surface area contributed by atoms with E-state index in [4.69, 9.17) is 18.3 Å². The molecule has 1 heterocycles. The quantitative estimate of drug-likeness (QED) is 0.644. The number of nitrogen functional groups attached to an aromatic ring is 1. The summed E-state index contributed by atoms with van der Waals surface area (Å²) in [6.07, 6.45) is 2.14. The molecule has 96 valence electrons. The number of hydrogen-bond acceptors (Lipinski definition) is 3. The first-order valence-electron chi connectivity index (χ1n) is 6.63. The Morgan fingerprint density at radius 3 is 2.67 bits per heavy atom. The largest absolute Gasteiger partial charge is 0.398 e. The summed E-state index contributed by atoms with van der Waals surface area (Å²) in [6.45, 7) is 6.89. The SMILES string of the molecule is [B]c1cc(N)c(C)c(N(CC)C2CCOCC2)c1. The van der Waals surface area contributed by atoms with Gasteiger partial charge in [0.15, 0.2) is 0 Å². The van der Waals surface area contributed by atoms with Gasteiger partial charge in [0, 0.05) is 37.2 Å². The zero-order valence-corrected chi connectivity index (χ0v) is 11.3. The minimum Gasteiger partial charge on any atom is -0.398 e. The lowest BCUT2D eigenvalue weighted by atomic mass is 9.92. The molecule has 0 amide bonds. The van der Waals surface area contributed by atoms with E-state index in [2.05, 4.69) is 18.7 Å². The molecule has 1 aliphatic rings. The molecule has 2 rings (SSSR count). The third-order valence-electron chi connectivity index (χ3n) is 3.72. The van der Waals surface area contributed by atoms with Crippen LogP contribution in [0.15, 0.2) is 12.1 Å². The van der Waals surface area contributed by atoms with Crippen molar-refractivity contribution >= 4 is 24.7 Å². The molecule has 3 nitrogen and oxygen atoms in total. The molecule has 2 radical (unpaired) electrons. The summed E-state index contributed by atoms with van der Waals surface area (Å²) in [6, 6.07) is 4.39. The number of rotatable bonds is 3. The minimum atomic E-state index is 0.531. The van der Waals surface area contributed by atoms with Gasteiger partial charge in [0.2, 0.25) is 0 Å². The number of hydrogen-bond donors (Lipinski definition) is 1. The highest BCUT2D eigenvalue weighted by atomic mass is 16.5. The number of benzene rings is 1. The van der Waals surface area contributed by atoms with Crippen LogP contribution >= 0.6 is 0 Å². The van der Waals surface area contributed by atoms with Gasteiger partial charge < -0.3 is 15.4 Å². The smallest absolute Gasteiger partial charge is 0.114 e. The van der Waals surface area contributed by atoms with Crippen LogP contribution in [0.25, 0.3) is 0 Å². The molecule has 1 fully saturated rings. The molecule has 0 spiro atoms. The van der Waals surface area contributed by atoms with Crippen LogP contribution in [0, 0.1) is 6.92 Å². The Bertz CT molecular complexity index is 417. The Kier molecular flexibility index (Phi) is 4.17. The minimum absolute atomic E-state index is 0.531. The van der Waals surface area contributed by atoms with Gasteiger partial charge in [0.1, 0.15) is 7.85 Å². The fraction of sp³-hybridized carbons (Fsp3) is 0.571. The van der Waals surface area contributed by atoms with Gasteiger partial charge in [0.05, 0.1) is 0 Å². The highest BCUT2D eigenvalue weighted by molar-refractivity contribution is 6.33. The number of anilines is 2. The van der Waals surface area contributed by atoms with Gasteiger partial charge in [-0.1, -0.05) is 5.46 Å². The molecule has 0 atom stereocenters. The Labute approximate surface area is 111 Å². The van der Waals surface area contributed by atoms with Crippen molar-refractivity contribution in [3.8, 4) is 0 Å². The monoisotopic (exact) mass is 244 g/mol. The second-order valence-electron chi connectivity index (χ2n) is 4.88. The van der Waals surface area contributed by atoms with Crippen LogP contribution in [0.3, 0.4) is 0 Å². The van der Waals surface area contributed by atoms with Gasteiger partial charge in [-0.15, -0.1) is 0 Å². The molecule has 18 heavy (non-hydrogen) atoms. The predicted molar refractivity (Wildman–Crippen MR) is 77.8 cm³/mol. The first-order valence-corrected chi connectivity index (χ1v) is 6.63.